The van der Waals surface area contributed by atoms with Crippen LogP contribution >= 0.6 is 11.3 Å². The molecule has 3 aliphatic rings. The van der Waals surface area contributed by atoms with Crippen molar-refractivity contribution >= 4 is 34.0 Å². The van der Waals surface area contributed by atoms with E-state index in [0.29, 0.717) is 10.7 Å². The van der Waals surface area contributed by atoms with Crippen molar-refractivity contribution in [2.75, 3.05) is 29.9 Å². The maximum Gasteiger partial charge on any atom is 0.251 e. The van der Waals surface area contributed by atoms with E-state index in [1.54, 1.807) is 0 Å². The lowest BCUT2D eigenvalue weighted by Crippen LogP contribution is -2.45. The smallest absolute Gasteiger partial charge is 0.251 e. The molecular formula is C31H36N4O4S. The van der Waals surface area contributed by atoms with Crippen LogP contribution in [0.1, 0.15) is 61.0 Å². The van der Waals surface area contributed by atoms with Gasteiger partial charge in [-0.3, -0.25) is 9.59 Å². The van der Waals surface area contributed by atoms with Crippen LogP contribution in [0.4, 0.5) is 10.8 Å². The van der Waals surface area contributed by atoms with Gasteiger partial charge in [0.1, 0.15) is 0 Å². The molecule has 210 valence electrons. The molecule has 8 nitrogen and oxygen atoms in total. The Balaban J connectivity index is 1.06. The lowest BCUT2D eigenvalue weighted by atomic mass is 9.78. The minimum atomic E-state index is -0.352. The zero-order valence-corrected chi connectivity index (χ0v) is 23.8. The number of morpholine rings is 1. The van der Waals surface area contributed by atoms with E-state index >= 15 is 0 Å². The number of aliphatic hydroxyl groups excluding tert-OH is 1. The third kappa shape index (κ3) is 5.25. The van der Waals surface area contributed by atoms with Crippen LogP contribution in [-0.4, -0.2) is 59.9 Å². The highest BCUT2D eigenvalue weighted by atomic mass is 32.1. The van der Waals surface area contributed by atoms with Crippen LogP contribution in [0.5, 0.6) is 0 Å². The molecule has 2 fully saturated rings. The highest BCUT2D eigenvalue weighted by Gasteiger charge is 2.47. The largest absolute Gasteiger partial charge is 0.392 e. The summed E-state index contributed by atoms with van der Waals surface area (Å²) in [6.07, 6.45) is 4.64. The van der Waals surface area contributed by atoms with Gasteiger partial charge in [-0.25, -0.2) is 4.98 Å². The third-order valence-corrected chi connectivity index (χ3v) is 9.33. The van der Waals surface area contributed by atoms with E-state index in [1.807, 2.05) is 35.7 Å². The second-order valence-electron chi connectivity index (χ2n) is 11.4. The maximum absolute atomic E-state index is 12.9. The summed E-state index contributed by atoms with van der Waals surface area (Å²) in [5, 5.41) is 18.6. The molecule has 2 heterocycles. The Morgan fingerprint density at radius 3 is 2.75 bits per heavy atom. The molecule has 1 aliphatic heterocycles. The minimum absolute atomic E-state index is 0.151. The number of rotatable bonds is 6. The van der Waals surface area contributed by atoms with Crippen molar-refractivity contribution in [1.29, 1.82) is 0 Å². The summed E-state index contributed by atoms with van der Waals surface area (Å²) < 4.78 is 5.87. The van der Waals surface area contributed by atoms with E-state index in [-0.39, 0.29) is 42.1 Å². The molecule has 3 aromatic rings. The zero-order chi connectivity index (χ0) is 27.9. The highest BCUT2D eigenvalue weighted by molar-refractivity contribution is 7.14. The van der Waals surface area contributed by atoms with Crippen LogP contribution in [0.3, 0.4) is 0 Å². The molecule has 6 rings (SSSR count). The first-order valence-corrected chi connectivity index (χ1v) is 15.0. The SMILES string of the molecule is C[C@@H]1CN(c2cccc(-c3csc(NC(=O)CNC(=O)c4ccc5c(c4)[C@@]4(CCC[C@@H]4O)CC5)n3)c2)C[C@H](C)O1. The molecule has 0 unspecified atom stereocenters. The monoisotopic (exact) mass is 560 g/mol. The number of aliphatic hydroxyl groups is 1. The molecule has 1 spiro atoms. The molecule has 40 heavy (non-hydrogen) atoms. The van der Waals surface area contributed by atoms with Gasteiger partial charge in [-0.1, -0.05) is 18.2 Å². The number of hydrogen-bond acceptors (Lipinski definition) is 7. The van der Waals surface area contributed by atoms with Gasteiger partial charge in [0, 0.05) is 40.7 Å². The molecule has 1 saturated carbocycles. The summed E-state index contributed by atoms with van der Waals surface area (Å²) in [5.41, 5.74) is 5.52. The second-order valence-corrected chi connectivity index (χ2v) is 12.3. The Labute approximate surface area is 238 Å². The van der Waals surface area contributed by atoms with Crippen LogP contribution < -0.4 is 15.5 Å². The fourth-order valence-corrected chi connectivity index (χ4v) is 7.43. The van der Waals surface area contributed by atoms with Crippen molar-refractivity contribution < 1.29 is 19.4 Å². The fourth-order valence-electron chi connectivity index (χ4n) is 6.69. The Bertz CT molecular complexity index is 1410. The van der Waals surface area contributed by atoms with Crippen LogP contribution in [-0.2, 0) is 21.4 Å². The summed E-state index contributed by atoms with van der Waals surface area (Å²) in [6, 6.07) is 14.0. The predicted octanol–water partition coefficient (Wildman–Crippen LogP) is 4.52. The van der Waals surface area contributed by atoms with Crippen molar-refractivity contribution in [2.45, 2.75) is 69.7 Å². The molecule has 4 atom stereocenters. The topological polar surface area (TPSA) is 104 Å². The van der Waals surface area contributed by atoms with Crippen LogP contribution in [0, 0.1) is 0 Å². The number of carbonyl (C=O) groups is 2. The predicted molar refractivity (Wildman–Crippen MR) is 157 cm³/mol. The first kappa shape index (κ1) is 26.9. The zero-order valence-electron chi connectivity index (χ0n) is 23.0. The number of ether oxygens (including phenoxy) is 1. The Hall–Kier alpha value is -3.27. The van der Waals surface area contributed by atoms with Crippen molar-refractivity contribution in [3.8, 4) is 11.3 Å². The third-order valence-electron chi connectivity index (χ3n) is 8.57. The quantitative estimate of drug-likeness (QED) is 0.410. The number of thiazole rings is 1. The van der Waals surface area contributed by atoms with Crippen LogP contribution in [0.2, 0.25) is 0 Å². The molecule has 2 aliphatic carbocycles. The van der Waals surface area contributed by atoms with Crippen molar-refractivity contribution in [2.24, 2.45) is 0 Å². The van der Waals surface area contributed by atoms with Crippen molar-refractivity contribution in [3.05, 3.63) is 64.5 Å². The number of fused-ring (bicyclic) bond motifs is 2. The minimum Gasteiger partial charge on any atom is -0.392 e. The number of nitrogens with zero attached hydrogens (tertiary/aromatic N) is 2. The Kier molecular flexibility index (Phi) is 7.37. The van der Waals surface area contributed by atoms with Crippen molar-refractivity contribution in [1.82, 2.24) is 10.3 Å². The summed E-state index contributed by atoms with van der Waals surface area (Å²) in [6.45, 7) is 5.71. The average molecular weight is 561 g/mol. The van der Waals surface area contributed by atoms with Gasteiger partial charge in [0.05, 0.1) is 30.6 Å². The second kappa shape index (κ2) is 11.0. The van der Waals surface area contributed by atoms with E-state index in [9.17, 15) is 14.7 Å². The van der Waals surface area contributed by atoms with Gasteiger partial charge in [-0.15, -0.1) is 11.3 Å². The fraction of sp³-hybridized carbons (Fsp3) is 0.452. The number of aromatic nitrogens is 1. The number of benzene rings is 2. The van der Waals surface area contributed by atoms with E-state index in [0.717, 1.165) is 67.7 Å². The Morgan fingerprint density at radius 1 is 1.15 bits per heavy atom. The molecule has 0 bridgehead atoms. The van der Waals surface area contributed by atoms with Gasteiger partial charge in [-0.05, 0) is 81.3 Å². The molecule has 3 N–H and O–H groups in total. The van der Waals surface area contributed by atoms with Crippen LogP contribution in [0.15, 0.2) is 47.8 Å². The van der Waals surface area contributed by atoms with Gasteiger partial charge < -0.3 is 25.4 Å². The van der Waals surface area contributed by atoms with E-state index in [1.165, 1.54) is 16.9 Å². The van der Waals surface area contributed by atoms with E-state index in [2.05, 4.69) is 46.5 Å². The summed E-state index contributed by atoms with van der Waals surface area (Å²) in [5.74, 6) is -0.626. The number of amides is 2. The summed E-state index contributed by atoms with van der Waals surface area (Å²) in [7, 11) is 0. The molecule has 2 amide bonds. The van der Waals surface area contributed by atoms with Crippen LogP contribution in [0.25, 0.3) is 11.3 Å². The lowest BCUT2D eigenvalue weighted by Gasteiger charge is -2.37. The summed E-state index contributed by atoms with van der Waals surface area (Å²) in [4.78, 5) is 32.5. The van der Waals surface area contributed by atoms with Gasteiger partial charge in [0.15, 0.2) is 5.13 Å². The molecule has 9 heteroatoms. The normalized spacial score (nSPS) is 25.7. The molecule has 0 radical (unpaired) electrons. The number of anilines is 2. The van der Waals surface area contributed by atoms with Gasteiger partial charge >= 0.3 is 0 Å². The number of nitrogens with one attached hydrogen (secondary N) is 2. The maximum atomic E-state index is 12.9. The molecule has 1 aromatic heterocycles. The van der Waals surface area contributed by atoms with Gasteiger partial charge in [-0.2, -0.15) is 0 Å². The molecule has 2 aromatic carbocycles. The first-order chi connectivity index (χ1) is 19.3. The average Bonchev–Trinajstić information content (AvgIpc) is 3.66. The number of hydrogen-bond donors (Lipinski definition) is 3. The standard InChI is InChI=1S/C31H36N4O4S/c1-19-16-35(17-20(2)39-19)24-6-3-5-22(13-24)26-18-40-30(33-26)34-28(37)15-32-29(38)23-9-8-21-10-12-31(25(21)14-23)11-4-7-27(31)36/h3,5-6,8-9,13-14,18-20,27,36H,4,7,10-12,15-17H2,1-2H3,(H,32,38)(H,33,34,37)/t19-,20+,27-,31+/m0/s1. The number of carbonyl (C=O) groups excluding carboxylic acids is 2. The van der Waals surface area contributed by atoms with Gasteiger partial charge in [0.2, 0.25) is 5.91 Å². The highest BCUT2D eigenvalue weighted by Crippen LogP contribution is 2.50. The summed E-state index contributed by atoms with van der Waals surface area (Å²) >= 11 is 1.36. The number of aryl methyl sites for hydroxylation is 1. The van der Waals surface area contributed by atoms with Gasteiger partial charge in [0.25, 0.3) is 5.91 Å². The Morgan fingerprint density at radius 2 is 1.98 bits per heavy atom. The van der Waals surface area contributed by atoms with E-state index in [4.69, 9.17) is 4.74 Å². The lowest BCUT2D eigenvalue weighted by molar-refractivity contribution is -0.115. The molecule has 1 saturated heterocycles. The van der Waals surface area contributed by atoms with E-state index < -0.39 is 0 Å². The molecular weight excluding hydrogens is 524 g/mol. The first-order valence-electron chi connectivity index (χ1n) is 14.2. The van der Waals surface area contributed by atoms with Crippen molar-refractivity contribution in [3.63, 3.8) is 0 Å².